The first-order chi connectivity index (χ1) is 6.00. The molecule has 13 heavy (non-hydrogen) atoms. The second-order valence-corrected chi connectivity index (χ2v) is 4.24. The van der Waals surface area contributed by atoms with Gasteiger partial charge in [-0.2, -0.15) is 0 Å². The molecule has 0 aliphatic rings. The zero-order valence-corrected chi connectivity index (χ0v) is 8.89. The lowest BCUT2D eigenvalue weighted by atomic mass is 10.0. The van der Waals surface area contributed by atoms with Crippen LogP contribution in [0.15, 0.2) is 0 Å². The van der Waals surface area contributed by atoms with Crippen molar-refractivity contribution in [3.05, 3.63) is 11.4 Å². The van der Waals surface area contributed by atoms with Crippen molar-refractivity contribution in [3.63, 3.8) is 0 Å². The number of H-pyrrole nitrogens is 1. The molecular weight excluding hydrogens is 162 g/mol. The maximum atomic E-state index is 5.63. The fraction of sp³-hybridized carbons (Fsp3) is 0.700. The second-order valence-electron chi connectivity index (χ2n) is 4.24. The number of hydrogen-bond acceptors (Lipinski definition) is 2. The van der Waals surface area contributed by atoms with Crippen molar-refractivity contribution in [2.24, 2.45) is 5.92 Å². The van der Waals surface area contributed by atoms with Gasteiger partial charge in [-0.1, -0.05) is 27.7 Å². The predicted octanol–water partition coefficient (Wildman–Crippen LogP) is 2.31. The molecule has 0 radical (unpaired) electrons. The van der Waals surface area contributed by atoms with Crippen LogP contribution in [0.2, 0.25) is 0 Å². The Morgan fingerprint density at radius 1 is 1.31 bits per heavy atom. The minimum absolute atomic E-state index is 0.447. The van der Waals surface area contributed by atoms with Crippen LogP contribution in [0.3, 0.4) is 0 Å². The zero-order chi connectivity index (χ0) is 10.0. The Kier molecular flexibility index (Phi) is 2.96. The summed E-state index contributed by atoms with van der Waals surface area (Å²) in [6, 6.07) is 0. The van der Waals surface area contributed by atoms with Gasteiger partial charge in [0.1, 0.15) is 0 Å². The molecule has 0 bridgehead atoms. The Morgan fingerprint density at radius 3 is 2.38 bits per heavy atom. The van der Waals surface area contributed by atoms with Crippen LogP contribution in [-0.2, 0) is 6.42 Å². The van der Waals surface area contributed by atoms with Crippen molar-refractivity contribution >= 4 is 5.95 Å². The molecule has 1 aromatic rings. The summed E-state index contributed by atoms with van der Waals surface area (Å²) in [6.07, 6.45) is 1.03. The van der Waals surface area contributed by atoms with E-state index in [0.29, 0.717) is 17.8 Å². The highest BCUT2D eigenvalue weighted by Crippen LogP contribution is 2.20. The first-order valence-electron chi connectivity index (χ1n) is 4.85. The molecule has 0 fully saturated rings. The van der Waals surface area contributed by atoms with E-state index in [2.05, 4.69) is 37.7 Å². The number of anilines is 1. The van der Waals surface area contributed by atoms with Gasteiger partial charge in [-0.15, -0.1) is 0 Å². The zero-order valence-electron chi connectivity index (χ0n) is 8.89. The standard InChI is InChI=1S/C10H19N3/c1-6(2)5-8-9(7(3)4)13-10(11)12-8/h6-7H,5H2,1-4H3,(H3,11,12,13). The van der Waals surface area contributed by atoms with E-state index < -0.39 is 0 Å². The van der Waals surface area contributed by atoms with E-state index >= 15 is 0 Å². The summed E-state index contributed by atoms with van der Waals surface area (Å²) in [6.45, 7) is 8.67. The van der Waals surface area contributed by atoms with Gasteiger partial charge in [0.25, 0.3) is 0 Å². The molecular formula is C10H19N3. The molecule has 0 saturated heterocycles. The summed E-state index contributed by atoms with van der Waals surface area (Å²) in [4.78, 5) is 7.41. The number of aromatic nitrogens is 2. The SMILES string of the molecule is CC(C)Cc1[nH]c(N)nc1C(C)C. The molecule has 1 aromatic heterocycles. The molecule has 1 heterocycles. The number of nitrogens with zero attached hydrogens (tertiary/aromatic N) is 1. The highest BCUT2D eigenvalue weighted by Gasteiger charge is 2.12. The lowest BCUT2D eigenvalue weighted by Gasteiger charge is -2.06. The van der Waals surface area contributed by atoms with E-state index in [0.717, 1.165) is 12.1 Å². The Hall–Kier alpha value is -0.990. The van der Waals surface area contributed by atoms with Crippen molar-refractivity contribution in [2.45, 2.75) is 40.0 Å². The monoisotopic (exact) mass is 181 g/mol. The van der Waals surface area contributed by atoms with Crippen molar-refractivity contribution in [2.75, 3.05) is 5.73 Å². The summed E-state index contributed by atoms with van der Waals surface area (Å²) in [5.74, 6) is 1.62. The first-order valence-corrected chi connectivity index (χ1v) is 4.85. The van der Waals surface area contributed by atoms with Crippen LogP contribution in [0.1, 0.15) is 45.0 Å². The van der Waals surface area contributed by atoms with E-state index in [1.807, 2.05) is 0 Å². The summed E-state index contributed by atoms with van der Waals surface area (Å²) in [7, 11) is 0. The Balaban J connectivity index is 2.91. The Labute approximate surface area is 79.8 Å². The van der Waals surface area contributed by atoms with Crippen molar-refractivity contribution in [1.29, 1.82) is 0 Å². The van der Waals surface area contributed by atoms with Gasteiger partial charge >= 0.3 is 0 Å². The molecule has 74 valence electrons. The number of imidazole rings is 1. The molecule has 3 N–H and O–H groups in total. The van der Waals surface area contributed by atoms with Crippen LogP contribution in [0.5, 0.6) is 0 Å². The summed E-state index contributed by atoms with van der Waals surface area (Å²) in [5, 5.41) is 0. The number of aromatic amines is 1. The molecule has 3 heteroatoms. The van der Waals surface area contributed by atoms with Crippen LogP contribution < -0.4 is 5.73 Å². The van der Waals surface area contributed by atoms with E-state index in [1.54, 1.807) is 0 Å². The van der Waals surface area contributed by atoms with Gasteiger partial charge in [-0.3, -0.25) is 0 Å². The third kappa shape index (κ3) is 2.47. The van der Waals surface area contributed by atoms with Gasteiger partial charge in [0, 0.05) is 5.69 Å². The molecule has 0 amide bonds. The Morgan fingerprint density at radius 2 is 1.92 bits per heavy atom. The average molecular weight is 181 g/mol. The molecule has 3 nitrogen and oxygen atoms in total. The second kappa shape index (κ2) is 3.81. The maximum Gasteiger partial charge on any atom is 0.197 e. The molecule has 0 aromatic carbocycles. The molecule has 1 rings (SSSR count). The van der Waals surface area contributed by atoms with E-state index in [-0.39, 0.29) is 0 Å². The fourth-order valence-corrected chi connectivity index (χ4v) is 1.49. The topological polar surface area (TPSA) is 54.7 Å². The van der Waals surface area contributed by atoms with Crippen LogP contribution in [0, 0.1) is 5.92 Å². The number of nitrogens with one attached hydrogen (secondary N) is 1. The van der Waals surface area contributed by atoms with Gasteiger partial charge in [-0.05, 0) is 18.3 Å². The molecule has 0 saturated carbocycles. The fourth-order valence-electron chi connectivity index (χ4n) is 1.49. The number of nitrogen functional groups attached to an aromatic ring is 1. The van der Waals surface area contributed by atoms with Crippen LogP contribution in [0.25, 0.3) is 0 Å². The first kappa shape index (κ1) is 10.1. The van der Waals surface area contributed by atoms with Crippen LogP contribution in [-0.4, -0.2) is 9.97 Å². The minimum atomic E-state index is 0.447. The quantitative estimate of drug-likeness (QED) is 0.751. The third-order valence-corrected chi connectivity index (χ3v) is 1.99. The van der Waals surface area contributed by atoms with Crippen molar-refractivity contribution < 1.29 is 0 Å². The maximum absolute atomic E-state index is 5.63. The highest BCUT2D eigenvalue weighted by molar-refractivity contribution is 5.28. The van der Waals surface area contributed by atoms with E-state index in [4.69, 9.17) is 5.73 Å². The number of rotatable bonds is 3. The Bertz CT molecular complexity index is 274. The van der Waals surface area contributed by atoms with Gasteiger partial charge in [0.15, 0.2) is 5.95 Å². The molecule has 0 atom stereocenters. The largest absolute Gasteiger partial charge is 0.369 e. The minimum Gasteiger partial charge on any atom is -0.369 e. The average Bonchev–Trinajstić information content (AvgIpc) is 2.29. The molecule has 0 aliphatic heterocycles. The van der Waals surface area contributed by atoms with Crippen molar-refractivity contribution in [3.8, 4) is 0 Å². The lowest BCUT2D eigenvalue weighted by molar-refractivity contribution is 0.627. The van der Waals surface area contributed by atoms with E-state index in [1.165, 1.54) is 5.69 Å². The molecule has 0 aliphatic carbocycles. The highest BCUT2D eigenvalue weighted by atomic mass is 15.0. The van der Waals surface area contributed by atoms with Gasteiger partial charge in [0.2, 0.25) is 0 Å². The number of nitrogens with two attached hydrogens (primary N) is 1. The summed E-state index contributed by atoms with van der Waals surface area (Å²) >= 11 is 0. The summed E-state index contributed by atoms with van der Waals surface area (Å²) in [5.41, 5.74) is 7.94. The molecule has 0 unspecified atom stereocenters. The van der Waals surface area contributed by atoms with Crippen molar-refractivity contribution in [1.82, 2.24) is 9.97 Å². The van der Waals surface area contributed by atoms with Gasteiger partial charge in [-0.25, -0.2) is 4.98 Å². The lowest BCUT2D eigenvalue weighted by Crippen LogP contribution is -2.00. The van der Waals surface area contributed by atoms with Gasteiger partial charge < -0.3 is 10.7 Å². The third-order valence-electron chi connectivity index (χ3n) is 1.99. The number of hydrogen-bond donors (Lipinski definition) is 2. The van der Waals surface area contributed by atoms with Gasteiger partial charge in [0.05, 0.1) is 5.69 Å². The normalized spacial score (nSPS) is 11.5. The smallest absolute Gasteiger partial charge is 0.197 e. The predicted molar refractivity (Wildman–Crippen MR) is 55.6 cm³/mol. The van der Waals surface area contributed by atoms with Crippen LogP contribution in [0.4, 0.5) is 5.95 Å². The molecule has 0 spiro atoms. The van der Waals surface area contributed by atoms with E-state index in [9.17, 15) is 0 Å². The van der Waals surface area contributed by atoms with Crippen LogP contribution >= 0.6 is 0 Å². The summed E-state index contributed by atoms with van der Waals surface area (Å²) < 4.78 is 0.